The third kappa shape index (κ3) is 6.81. The third-order valence-electron chi connectivity index (χ3n) is 4.03. The van der Waals surface area contributed by atoms with Crippen molar-refractivity contribution in [2.24, 2.45) is 16.1 Å². The summed E-state index contributed by atoms with van der Waals surface area (Å²) < 4.78 is 0. The molecule has 2 rings (SSSR count). The first kappa shape index (κ1) is 22.8. The summed E-state index contributed by atoms with van der Waals surface area (Å²) in [5.41, 5.74) is 5.40. The van der Waals surface area contributed by atoms with Crippen LogP contribution >= 0.6 is 0 Å². The van der Waals surface area contributed by atoms with E-state index < -0.39 is 27.6 Å². The van der Waals surface area contributed by atoms with Crippen molar-refractivity contribution in [2.75, 3.05) is 0 Å². The van der Waals surface area contributed by atoms with Crippen LogP contribution in [-0.4, -0.2) is 34.1 Å². The molecule has 0 fully saturated rings. The van der Waals surface area contributed by atoms with Crippen LogP contribution in [0.2, 0.25) is 0 Å². The second kappa shape index (κ2) is 10.9. The molecule has 0 aliphatic rings. The SMILES string of the molecule is CCC(C(=O)N/N=C/c1ccc([N+](=O)[O-])cc1)C(=O)N/N=C/c1ccc([N+](=O)[O-])cc1. The summed E-state index contributed by atoms with van der Waals surface area (Å²) in [4.78, 5) is 44.6. The number of carbonyl (C=O) groups is 2. The van der Waals surface area contributed by atoms with Crippen molar-refractivity contribution < 1.29 is 19.4 Å². The number of nitro groups is 2. The second-order valence-corrected chi connectivity index (χ2v) is 6.13. The molecule has 160 valence electrons. The first-order chi connectivity index (χ1) is 14.8. The van der Waals surface area contributed by atoms with Crippen LogP contribution in [0.5, 0.6) is 0 Å². The molecule has 2 aromatic carbocycles. The van der Waals surface area contributed by atoms with E-state index in [1.807, 2.05) is 0 Å². The van der Waals surface area contributed by atoms with E-state index in [1.54, 1.807) is 6.92 Å². The summed E-state index contributed by atoms with van der Waals surface area (Å²) in [6, 6.07) is 11.1. The third-order valence-corrected chi connectivity index (χ3v) is 4.03. The predicted molar refractivity (Wildman–Crippen MR) is 111 cm³/mol. The van der Waals surface area contributed by atoms with E-state index in [0.717, 1.165) is 0 Å². The standard InChI is InChI=1S/C19H18N6O6/c1-2-17(18(26)22-20-11-13-3-7-15(8-4-13)24(28)29)19(27)23-21-12-14-5-9-16(10-6-14)25(30)31/h3-12,17H,2H2,1H3,(H,22,26)(H,23,27)/b20-11+,21-12+. The summed E-state index contributed by atoms with van der Waals surface area (Å²) in [5.74, 6) is -2.35. The monoisotopic (exact) mass is 426 g/mol. The van der Waals surface area contributed by atoms with Gasteiger partial charge in [-0.1, -0.05) is 6.92 Å². The van der Waals surface area contributed by atoms with Gasteiger partial charge in [0.1, 0.15) is 5.92 Å². The van der Waals surface area contributed by atoms with Gasteiger partial charge in [0, 0.05) is 24.3 Å². The highest BCUT2D eigenvalue weighted by Crippen LogP contribution is 2.11. The molecule has 2 N–H and O–H groups in total. The Morgan fingerprint density at radius 2 is 1.19 bits per heavy atom. The smallest absolute Gasteiger partial charge is 0.269 e. The van der Waals surface area contributed by atoms with Crippen molar-refractivity contribution in [1.82, 2.24) is 10.9 Å². The molecule has 12 nitrogen and oxygen atoms in total. The van der Waals surface area contributed by atoms with Crippen LogP contribution in [0.1, 0.15) is 24.5 Å². The normalized spacial score (nSPS) is 11.0. The average molecular weight is 426 g/mol. The van der Waals surface area contributed by atoms with Crippen LogP contribution in [-0.2, 0) is 9.59 Å². The zero-order valence-corrected chi connectivity index (χ0v) is 16.3. The lowest BCUT2D eigenvalue weighted by Gasteiger charge is -2.10. The van der Waals surface area contributed by atoms with Crippen LogP contribution in [0.25, 0.3) is 0 Å². The lowest BCUT2D eigenvalue weighted by Crippen LogP contribution is -2.37. The fourth-order valence-corrected chi connectivity index (χ4v) is 2.35. The number of carbonyl (C=O) groups excluding carboxylic acids is 2. The predicted octanol–water partition coefficient (Wildman–Crippen LogP) is 2.13. The highest BCUT2D eigenvalue weighted by molar-refractivity contribution is 6.00. The second-order valence-electron chi connectivity index (χ2n) is 6.13. The zero-order chi connectivity index (χ0) is 22.8. The van der Waals surface area contributed by atoms with Gasteiger partial charge < -0.3 is 0 Å². The van der Waals surface area contributed by atoms with Crippen molar-refractivity contribution in [3.63, 3.8) is 0 Å². The number of nitrogens with one attached hydrogen (secondary N) is 2. The molecule has 0 heterocycles. The molecule has 0 unspecified atom stereocenters. The molecule has 0 saturated carbocycles. The fourth-order valence-electron chi connectivity index (χ4n) is 2.35. The van der Waals surface area contributed by atoms with E-state index in [1.165, 1.54) is 61.0 Å². The van der Waals surface area contributed by atoms with Crippen molar-refractivity contribution in [3.8, 4) is 0 Å². The van der Waals surface area contributed by atoms with Gasteiger partial charge in [0.25, 0.3) is 23.2 Å². The van der Waals surface area contributed by atoms with Gasteiger partial charge >= 0.3 is 0 Å². The Morgan fingerprint density at radius 1 is 0.839 bits per heavy atom. The molecule has 0 atom stereocenters. The fraction of sp³-hybridized carbons (Fsp3) is 0.158. The zero-order valence-electron chi connectivity index (χ0n) is 16.3. The van der Waals surface area contributed by atoms with E-state index in [0.29, 0.717) is 11.1 Å². The molecule has 0 aromatic heterocycles. The van der Waals surface area contributed by atoms with E-state index >= 15 is 0 Å². The maximum atomic E-state index is 12.2. The van der Waals surface area contributed by atoms with Gasteiger partial charge in [-0.15, -0.1) is 0 Å². The molecule has 2 aromatic rings. The molecular formula is C19H18N6O6. The van der Waals surface area contributed by atoms with Gasteiger partial charge in [0.15, 0.2) is 0 Å². The number of benzene rings is 2. The van der Waals surface area contributed by atoms with Crippen LogP contribution in [0.4, 0.5) is 11.4 Å². The number of nitro benzene ring substituents is 2. The van der Waals surface area contributed by atoms with Gasteiger partial charge in [0.2, 0.25) is 0 Å². The first-order valence-corrected chi connectivity index (χ1v) is 8.96. The number of rotatable bonds is 9. The Labute approximate surface area is 176 Å². The summed E-state index contributed by atoms with van der Waals surface area (Å²) in [6.45, 7) is 1.64. The van der Waals surface area contributed by atoms with Crippen LogP contribution in [0, 0.1) is 26.1 Å². The molecule has 0 spiro atoms. The van der Waals surface area contributed by atoms with Crippen molar-refractivity contribution in [3.05, 3.63) is 79.9 Å². The minimum absolute atomic E-state index is 0.0711. The molecule has 0 radical (unpaired) electrons. The quantitative estimate of drug-likeness (QED) is 0.269. The molecular weight excluding hydrogens is 408 g/mol. The largest absolute Gasteiger partial charge is 0.272 e. The molecule has 0 bridgehead atoms. The van der Waals surface area contributed by atoms with E-state index in [4.69, 9.17) is 0 Å². The Bertz CT molecular complexity index is 936. The lowest BCUT2D eigenvalue weighted by atomic mass is 10.1. The van der Waals surface area contributed by atoms with Gasteiger partial charge in [-0.05, 0) is 41.8 Å². The molecule has 0 saturated heterocycles. The summed E-state index contributed by atoms with van der Waals surface area (Å²) in [5, 5.41) is 28.7. The van der Waals surface area contributed by atoms with Gasteiger partial charge in [-0.2, -0.15) is 10.2 Å². The molecule has 12 heteroatoms. The molecule has 0 aliphatic carbocycles. The topological polar surface area (TPSA) is 169 Å². The number of nitrogens with zero attached hydrogens (tertiary/aromatic N) is 4. The Balaban J connectivity index is 1.89. The first-order valence-electron chi connectivity index (χ1n) is 8.96. The van der Waals surface area contributed by atoms with E-state index in [2.05, 4.69) is 21.1 Å². The lowest BCUT2D eigenvalue weighted by molar-refractivity contribution is -0.385. The Kier molecular flexibility index (Phi) is 8.02. The van der Waals surface area contributed by atoms with Gasteiger partial charge in [-0.25, -0.2) is 10.9 Å². The van der Waals surface area contributed by atoms with Gasteiger partial charge in [0.05, 0.1) is 22.3 Å². The minimum Gasteiger partial charge on any atom is -0.272 e. The van der Waals surface area contributed by atoms with Crippen molar-refractivity contribution >= 4 is 35.6 Å². The molecule has 0 aliphatic heterocycles. The number of hydrogen-bond acceptors (Lipinski definition) is 8. The molecule has 2 amide bonds. The Morgan fingerprint density at radius 3 is 1.48 bits per heavy atom. The number of hydrogen-bond donors (Lipinski definition) is 2. The summed E-state index contributed by atoms with van der Waals surface area (Å²) in [6.07, 6.45) is 2.77. The number of hydrazone groups is 2. The highest BCUT2D eigenvalue weighted by Gasteiger charge is 2.24. The highest BCUT2D eigenvalue weighted by atomic mass is 16.6. The number of amides is 2. The maximum absolute atomic E-state index is 12.2. The number of non-ortho nitro benzene ring substituents is 2. The Hall–Kier alpha value is -4.48. The van der Waals surface area contributed by atoms with Gasteiger partial charge in [-0.3, -0.25) is 29.8 Å². The van der Waals surface area contributed by atoms with Crippen LogP contribution < -0.4 is 10.9 Å². The van der Waals surface area contributed by atoms with E-state index in [9.17, 15) is 29.8 Å². The summed E-state index contributed by atoms with van der Waals surface area (Å²) >= 11 is 0. The van der Waals surface area contributed by atoms with Crippen LogP contribution in [0.3, 0.4) is 0 Å². The van der Waals surface area contributed by atoms with Crippen molar-refractivity contribution in [2.45, 2.75) is 13.3 Å². The summed E-state index contributed by atoms with van der Waals surface area (Å²) in [7, 11) is 0. The van der Waals surface area contributed by atoms with E-state index in [-0.39, 0.29) is 17.8 Å². The maximum Gasteiger partial charge on any atom is 0.269 e. The minimum atomic E-state index is -1.05. The average Bonchev–Trinajstić information content (AvgIpc) is 2.75. The molecule has 31 heavy (non-hydrogen) atoms. The van der Waals surface area contributed by atoms with Crippen LogP contribution in [0.15, 0.2) is 58.7 Å². The van der Waals surface area contributed by atoms with Crippen molar-refractivity contribution in [1.29, 1.82) is 0 Å².